The van der Waals surface area contributed by atoms with E-state index in [1.165, 1.54) is 4.57 Å². The number of rotatable bonds is 9. The molecular formula is C20H27N5O5. The van der Waals surface area contributed by atoms with Crippen molar-refractivity contribution in [3.05, 3.63) is 33.0 Å². The van der Waals surface area contributed by atoms with Gasteiger partial charge in [-0.25, -0.2) is 9.59 Å². The molecule has 0 aliphatic heterocycles. The maximum atomic E-state index is 12.9. The summed E-state index contributed by atoms with van der Waals surface area (Å²) in [4.78, 5) is 40.4. The summed E-state index contributed by atoms with van der Waals surface area (Å²) in [6.45, 7) is 6.54. The average Bonchev–Trinajstić information content (AvgIpc) is 3.31. The van der Waals surface area contributed by atoms with Gasteiger partial charge in [0.25, 0.3) is 5.56 Å². The Labute approximate surface area is 173 Å². The molecule has 0 radical (unpaired) electrons. The summed E-state index contributed by atoms with van der Waals surface area (Å²) in [6.07, 6.45) is 1.45. The van der Waals surface area contributed by atoms with E-state index in [9.17, 15) is 14.4 Å². The van der Waals surface area contributed by atoms with E-state index in [4.69, 9.17) is 9.47 Å². The predicted molar refractivity (Wildman–Crippen MR) is 112 cm³/mol. The van der Waals surface area contributed by atoms with E-state index in [0.29, 0.717) is 41.9 Å². The maximum Gasteiger partial charge on any atom is 0.344 e. The third kappa shape index (κ3) is 4.03. The largest absolute Gasteiger partial charge is 0.465 e. The molecule has 3 rings (SSSR count). The Morgan fingerprint density at radius 3 is 2.47 bits per heavy atom. The fourth-order valence-electron chi connectivity index (χ4n) is 3.39. The fraction of sp³-hybridized carbons (Fsp3) is 0.500. The van der Waals surface area contributed by atoms with Crippen LogP contribution in [0.3, 0.4) is 0 Å². The molecule has 0 aliphatic carbocycles. The molecule has 0 amide bonds. The minimum absolute atomic E-state index is 0.241. The SMILES string of the molecule is CCCn1c(=O)c2[nH]c(-c3cc(OCC(=O)OCC)nn3C)cc2n(CCC)c1=O. The maximum absolute atomic E-state index is 12.9. The Balaban J connectivity index is 2.04. The van der Waals surface area contributed by atoms with Gasteiger partial charge in [-0.15, -0.1) is 5.10 Å². The zero-order valence-electron chi connectivity index (χ0n) is 17.7. The van der Waals surface area contributed by atoms with Gasteiger partial charge in [0, 0.05) is 26.2 Å². The summed E-state index contributed by atoms with van der Waals surface area (Å²) >= 11 is 0. The van der Waals surface area contributed by atoms with Gasteiger partial charge in [-0.05, 0) is 25.8 Å². The second-order valence-corrected chi connectivity index (χ2v) is 6.92. The summed E-state index contributed by atoms with van der Waals surface area (Å²) in [7, 11) is 1.73. The van der Waals surface area contributed by atoms with Crippen LogP contribution in [0.15, 0.2) is 21.7 Å². The molecule has 0 spiro atoms. The van der Waals surface area contributed by atoms with Gasteiger partial charge in [0.05, 0.1) is 23.5 Å². The smallest absolute Gasteiger partial charge is 0.344 e. The van der Waals surface area contributed by atoms with Crippen LogP contribution < -0.4 is 16.0 Å². The lowest BCUT2D eigenvalue weighted by Crippen LogP contribution is -2.39. The van der Waals surface area contributed by atoms with Crippen molar-refractivity contribution in [2.24, 2.45) is 7.05 Å². The molecule has 162 valence electrons. The zero-order chi connectivity index (χ0) is 21.8. The second-order valence-electron chi connectivity index (χ2n) is 6.92. The highest BCUT2D eigenvalue weighted by Crippen LogP contribution is 2.25. The van der Waals surface area contributed by atoms with Gasteiger partial charge >= 0.3 is 11.7 Å². The van der Waals surface area contributed by atoms with Gasteiger partial charge < -0.3 is 14.5 Å². The molecule has 30 heavy (non-hydrogen) atoms. The van der Waals surface area contributed by atoms with Crippen molar-refractivity contribution in [2.75, 3.05) is 13.2 Å². The van der Waals surface area contributed by atoms with Crippen LogP contribution in [-0.2, 0) is 29.7 Å². The molecule has 0 bridgehead atoms. The van der Waals surface area contributed by atoms with Crippen LogP contribution in [0.1, 0.15) is 33.6 Å². The molecule has 1 N–H and O–H groups in total. The number of esters is 1. The number of aromatic nitrogens is 5. The molecule has 0 aliphatic rings. The molecule has 0 atom stereocenters. The molecule has 3 heterocycles. The summed E-state index contributed by atoms with van der Waals surface area (Å²) in [5.41, 5.74) is 1.58. The van der Waals surface area contributed by atoms with Crippen LogP contribution >= 0.6 is 0 Å². The van der Waals surface area contributed by atoms with Crippen LogP contribution in [0.4, 0.5) is 0 Å². The van der Waals surface area contributed by atoms with E-state index >= 15 is 0 Å². The van der Waals surface area contributed by atoms with Crippen molar-refractivity contribution in [3.63, 3.8) is 0 Å². The Morgan fingerprint density at radius 2 is 1.80 bits per heavy atom. The minimum Gasteiger partial charge on any atom is -0.465 e. The van der Waals surface area contributed by atoms with Crippen molar-refractivity contribution in [3.8, 4) is 17.3 Å². The standard InChI is InChI=1S/C20H27N5O5/c1-5-8-24-15-10-13(21-18(15)19(27)25(9-6-2)20(24)28)14-11-16(22-23(14)4)30-12-17(26)29-7-3/h10-11,21H,5-9,12H2,1-4H3. The summed E-state index contributed by atoms with van der Waals surface area (Å²) < 4.78 is 14.7. The van der Waals surface area contributed by atoms with Crippen LogP contribution in [0.5, 0.6) is 5.88 Å². The first kappa shape index (κ1) is 21.4. The molecule has 0 aromatic carbocycles. The quantitative estimate of drug-likeness (QED) is 0.530. The summed E-state index contributed by atoms with van der Waals surface area (Å²) in [5, 5.41) is 4.25. The van der Waals surface area contributed by atoms with Gasteiger partial charge in [0.15, 0.2) is 6.61 Å². The molecule has 3 aromatic heterocycles. The molecular weight excluding hydrogens is 390 g/mol. The van der Waals surface area contributed by atoms with Gasteiger partial charge in [0.1, 0.15) is 5.52 Å². The Morgan fingerprint density at radius 1 is 1.10 bits per heavy atom. The summed E-state index contributed by atoms with van der Waals surface area (Å²) in [6, 6.07) is 3.44. The number of aryl methyl sites for hydroxylation is 2. The molecule has 0 fully saturated rings. The second kappa shape index (κ2) is 9.02. The van der Waals surface area contributed by atoms with Gasteiger partial charge in [-0.3, -0.25) is 18.6 Å². The Hall–Kier alpha value is -3.30. The number of carbonyl (C=O) groups excluding carboxylic acids is 1. The third-order valence-electron chi connectivity index (χ3n) is 4.68. The monoisotopic (exact) mass is 417 g/mol. The topological polar surface area (TPSA) is 113 Å². The lowest BCUT2D eigenvalue weighted by molar-refractivity contribution is -0.145. The van der Waals surface area contributed by atoms with Gasteiger partial charge in [-0.2, -0.15) is 0 Å². The Bertz CT molecular complexity index is 1170. The number of hydrogen-bond acceptors (Lipinski definition) is 6. The van der Waals surface area contributed by atoms with Crippen LogP contribution in [0.2, 0.25) is 0 Å². The van der Waals surface area contributed by atoms with Crippen molar-refractivity contribution >= 4 is 17.0 Å². The third-order valence-corrected chi connectivity index (χ3v) is 4.68. The number of nitrogens with zero attached hydrogens (tertiary/aromatic N) is 4. The van der Waals surface area contributed by atoms with E-state index in [2.05, 4.69) is 10.1 Å². The minimum atomic E-state index is -0.477. The molecule has 10 heteroatoms. The number of H-pyrrole nitrogens is 1. The lowest BCUT2D eigenvalue weighted by Gasteiger charge is -2.10. The first-order valence-electron chi connectivity index (χ1n) is 10.1. The summed E-state index contributed by atoms with van der Waals surface area (Å²) in [5.74, 6) is -0.219. The number of nitrogens with one attached hydrogen (secondary N) is 1. The number of carbonyl (C=O) groups is 1. The van der Waals surface area contributed by atoms with E-state index in [-0.39, 0.29) is 30.3 Å². The van der Waals surface area contributed by atoms with Crippen LogP contribution in [0.25, 0.3) is 22.4 Å². The lowest BCUT2D eigenvalue weighted by atomic mass is 10.3. The van der Waals surface area contributed by atoms with E-state index in [1.54, 1.807) is 35.4 Å². The highest BCUT2D eigenvalue weighted by atomic mass is 16.6. The van der Waals surface area contributed by atoms with E-state index < -0.39 is 5.97 Å². The predicted octanol–water partition coefficient (Wildman–Crippen LogP) is 1.65. The number of aromatic amines is 1. The van der Waals surface area contributed by atoms with Crippen LogP contribution in [-0.4, -0.2) is 43.1 Å². The zero-order valence-corrected chi connectivity index (χ0v) is 17.7. The van der Waals surface area contributed by atoms with Crippen molar-refractivity contribution < 1.29 is 14.3 Å². The van der Waals surface area contributed by atoms with Crippen molar-refractivity contribution in [1.82, 2.24) is 23.9 Å². The number of ether oxygens (including phenoxy) is 2. The molecule has 0 unspecified atom stereocenters. The number of fused-ring (bicyclic) bond motifs is 1. The fourth-order valence-corrected chi connectivity index (χ4v) is 3.39. The normalized spacial score (nSPS) is 11.2. The molecule has 3 aromatic rings. The van der Waals surface area contributed by atoms with Gasteiger partial charge in [0.2, 0.25) is 5.88 Å². The first-order chi connectivity index (χ1) is 14.4. The van der Waals surface area contributed by atoms with Crippen molar-refractivity contribution in [1.29, 1.82) is 0 Å². The molecule has 0 saturated carbocycles. The van der Waals surface area contributed by atoms with E-state index in [1.807, 2.05) is 13.8 Å². The highest BCUT2D eigenvalue weighted by Gasteiger charge is 2.18. The van der Waals surface area contributed by atoms with Gasteiger partial charge in [-0.1, -0.05) is 13.8 Å². The molecule has 10 nitrogen and oxygen atoms in total. The number of hydrogen-bond donors (Lipinski definition) is 1. The average molecular weight is 417 g/mol. The first-order valence-corrected chi connectivity index (χ1v) is 10.1. The van der Waals surface area contributed by atoms with E-state index in [0.717, 1.165) is 6.42 Å². The molecule has 0 saturated heterocycles. The Kier molecular flexibility index (Phi) is 6.43. The van der Waals surface area contributed by atoms with Crippen molar-refractivity contribution in [2.45, 2.75) is 46.7 Å². The van der Waals surface area contributed by atoms with Crippen LogP contribution in [0, 0.1) is 0 Å². The highest BCUT2D eigenvalue weighted by molar-refractivity contribution is 5.81.